The number of amides is 1. The van der Waals surface area contributed by atoms with Crippen molar-refractivity contribution in [2.75, 3.05) is 6.16 Å². The Morgan fingerprint density at radius 3 is 1.81 bits per heavy atom. The normalized spacial score (nSPS) is 13.1. The van der Waals surface area contributed by atoms with Gasteiger partial charge in [0.25, 0.3) is 0 Å². The predicted octanol–water partition coefficient (Wildman–Crippen LogP) is 7.93. The van der Waals surface area contributed by atoms with E-state index in [9.17, 15) is 24.3 Å². The molecule has 0 saturated carbocycles. The number of aliphatic hydroxyl groups is 1. The second kappa shape index (κ2) is 20.7. The minimum atomic E-state index is -4.45. The summed E-state index contributed by atoms with van der Waals surface area (Å²) in [7, 11) is -4.45. The first-order valence-corrected chi connectivity index (χ1v) is 18.2. The Hall–Kier alpha value is -2.18. The van der Waals surface area contributed by atoms with Crippen molar-refractivity contribution >= 4 is 13.5 Å². The van der Waals surface area contributed by atoms with E-state index in [-0.39, 0.29) is 12.3 Å². The smallest absolute Gasteiger partial charge is 0.328 e. The molecule has 7 nitrogen and oxygen atoms in total. The van der Waals surface area contributed by atoms with Gasteiger partial charge in [-0.05, 0) is 49.9 Å². The summed E-state index contributed by atoms with van der Waals surface area (Å²) in [6.45, 7) is 6.80. The third-order valence-corrected chi connectivity index (χ3v) is 8.66. The van der Waals surface area contributed by atoms with Crippen LogP contribution in [0.15, 0.2) is 42.5 Å². The molecule has 0 unspecified atom stereocenters. The lowest BCUT2D eigenvalue weighted by Crippen LogP contribution is -2.46. The number of carbonyl (C=O) groups is 1. The van der Waals surface area contributed by atoms with Gasteiger partial charge < -0.3 is 24.9 Å². The average Bonchev–Trinajstić information content (AvgIpc) is 2.93. The molecule has 4 N–H and O–H groups in total. The van der Waals surface area contributed by atoms with Crippen molar-refractivity contribution in [1.82, 2.24) is 5.32 Å². The predicted molar refractivity (Wildman–Crippen MR) is 176 cm³/mol. The first-order valence-electron chi connectivity index (χ1n) is 16.4. The van der Waals surface area contributed by atoms with Crippen molar-refractivity contribution in [3.63, 3.8) is 0 Å². The highest BCUT2D eigenvalue weighted by atomic mass is 31.2. The lowest BCUT2D eigenvalue weighted by Gasteiger charge is -2.25. The first kappa shape index (κ1) is 37.0. The number of hydrogen-bond acceptors (Lipinski definition) is 4. The van der Waals surface area contributed by atoms with Crippen LogP contribution in [0.1, 0.15) is 119 Å². The number of ether oxygens (including phenoxy) is 1. The number of nitrogens with one attached hydrogen (secondary N) is 1. The maximum Gasteiger partial charge on any atom is 0.328 e. The molecule has 0 aromatic heterocycles. The van der Waals surface area contributed by atoms with Crippen LogP contribution in [-0.4, -0.2) is 39.1 Å². The van der Waals surface area contributed by atoms with Crippen molar-refractivity contribution in [2.24, 2.45) is 0 Å². The summed E-state index contributed by atoms with van der Waals surface area (Å²) < 4.78 is 17.5. The Balaban J connectivity index is 1.75. The van der Waals surface area contributed by atoms with E-state index in [0.717, 1.165) is 30.4 Å². The van der Waals surface area contributed by atoms with E-state index >= 15 is 0 Å². The minimum Gasteiger partial charge on any atom is -0.489 e. The highest BCUT2D eigenvalue weighted by Crippen LogP contribution is 2.36. The van der Waals surface area contributed by atoms with Gasteiger partial charge in [-0.25, -0.2) is 0 Å². The van der Waals surface area contributed by atoms with Crippen molar-refractivity contribution < 1.29 is 29.0 Å². The molecule has 43 heavy (non-hydrogen) atoms. The van der Waals surface area contributed by atoms with Gasteiger partial charge in [0.15, 0.2) is 0 Å². The van der Waals surface area contributed by atoms with Crippen LogP contribution in [0, 0.1) is 13.8 Å². The van der Waals surface area contributed by atoms with Crippen molar-refractivity contribution in [2.45, 2.75) is 136 Å². The summed E-state index contributed by atoms with van der Waals surface area (Å²) in [5.74, 6) is 0.493. The fourth-order valence-electron chi connectivity index (χ4n) is 5.53. The molecule has 0 spiro atoms. The van der Waals surface area contributed by atoms with E-state index in [2.05, 4.69) is 44.3 Å². The van der Waals surface area contributed by atoms with E-state index in [0.29, 0.717) is 18.8 Å². The van der Waals surface area contributed by atoms with Crippen LogP contribution in [0.25, 0.3) is 0 Å². The number of unbranched alkanes of at least 4 members (excludes halogenated alkanes) is 12. The van der Waals surface area contributed by atoms with Crippen molar-refractivity contribution in [1.29, 1.82) is 0 Å². The van der Waals surface area contributed by atoms with Gasteiger partial charge >= 0.3 is 7.60 Å². The molecule has 1 amide bonds. The van der Waals surface area contributed by atoms with Gasteiger partial charge in [-0.15, -0.1) is 0 Å². The minimum absolute atomic E-state index is 0.203. The monoisotopic (exact) mass is 617 g/mol. The van der Waals surface area contributed by atoms with Gasteiger partial charge in [0.2, 0.25) is 5.91 Å². The molecule has 0 fully saturated rings. The Kier molecular flexibility index (Phi) is 17.8. The Morgan fingerprint density at radius 2 is 1.30 bits per heavy atom. The topological polar surface area (TPSA) is 116 Å². The molecule has 0 aliphatic rings. The molecule has 8 heteroatoms. The van der Waals surface area contributed by atoms with E-state index < -0.39 is 25.9 Å². The summed E-state index contributed by atoms with van der Waals surface area (Å²) in [5, 5.41) is 13.5. The molecule has 0 heterocycles. The van der Waals surface area contributed by atoms with E-state index in [1.807, 2.05) is 24.3 Å². The van der Waals surface area contributed by atoms with Gasteiger partial charge in [0.1, 0.15) is 12.4 Å². The molecule has 0 aliphatic carbocycles. The summed E-state index contributed by atoms with van der Waals surface area (Å²) in [6.07, 6.45) is 14.5. The Bertz CT molecular complexity index is 1080. The Labute approximate surface area is 260 Å². The summed E-state index contributed by atoms with van der Waals surface area (Å²) >= 11 is 0. The lowest BCUT2D eigenvalue weighted by molar-refractivity contribution is -0.122. The molecule has 2 rings (SSSR count). The van der Waals surface area contributed by atoms with E-state index in [1.54, 1.807) is 0 Å². The number of rotatable bonds is 23. The molecule has 0 saturated heterocycles. The van der Waals surface area contributed by atoms with Gasteiger partial charge in [0, 0.05) is 6.42 Å². The van der Waals surface area contributed by atoms with Crippen LogP contribution in [0.2, 0.25) is 0 Å². The number of aryl methyl sites for hydroxylation is 2. The third-order valence-electron chi connectivity index (χ3n) is 7.81. The molecule has 242 valence electrons. The number of hydrogen-bond donors (Lipinski definition) is 4. The summed E-state index contributed by atoms with van der Waals surface area (Å²) in [6, 6.07) is 12.9. The van der Waals surface area contributed by atoms with Crippen molar-refractivity contribution in [3.05, 3.63) is 64.7 Å². The van der Waals surface area contributed by atoms with Gasteiger partial charge in [-0.3, -0.25) is 9.36 Å². The van der Waals surface area contributed by atoms with Crippen LogP contribution < -0.4 is 10.1 Å². The number of aliphatic hydroxyl groups excluding tert-OH is 1. The first-order chi connectivity index (χ1) is 20.6. The number of benzene rings is 2. The van der Waals surface area contributed by atoms with Crippen LogP contribution in [-0.2, 0) is 22.4 Å². The largest absolute Gasteiger partial charge is 0.489 e. The molecule has 2 atom stereocenters. The number of carbonyl (C=O) groups excluding carboxylic acids is 1. The van der Waals surface area contributed by atoms with E-state index in [1.165, 1.54) is 75.3 Å². The van der Waals surface area contributed by atoms with Crippen LogP contribution in [0.3, 0.4) is 0 Å². The maximum absolute atomic E-state index is 12.7. The van der Waals surface area contributed by atoms with Crippen LogP contribution in [0.4, 0.5) is 0 Å². The second-order valence-electron chi connectivity index (χ2n) is 12.2. The lowest BCUT2D eigenvalue weighted by atomic mass is 10.0. The van der Waals surface area contributed by atoms with Crippen LogP contribution >= 0.6 is 7.60 Å². The maximum atomic E-state index is 12.7. The zero-order chi connectivity index (χ0) is 31.5. The molecule has 0 aliphatic heterocycles. The molecule has 0 radical (unpaired) electrons. The van der Waals surface area contributed by atoms with E-state index in [4.69, 9.17) is 4.74 Å². The zero-order valence-electron chi connectivity index (χ0n) is 26.7. The van der Waals surface area contributed by atoms with Gasteiger partial charge in [0.05, 0.1) is 18.3 Å². The molecular weight excluding hydrogens is 561 g/mol. The highest BCUT2D eigenvalue weighted by molar-refractivity contribution is 7.51. The quantitative estimate of drug-likeness (QED) is 0.0743. The van der Waals surface area contributed by atoms with Crippen LogP contribution in [0.5, 0.6) is 5.75 Å². The fourth-order valence-corrected chi connectivity index (χ4v) is 6.27. The molecule has 2 aromatic carbocycles. The molecule has 0 bridgehead atoms. The highest BCUT2D eigenvalue weighted by Gasteiger charge is 2.28. The van der Waals surface area contributed by atoms with Gasteiger partial charge in [-0.2, -0.15) is 0 Å². The van der Waals surface area contributed by atoms with Crippen molar-refractivity contribution in [3.8, 4) is 5.75 Å². The summed E-state index contributed by atoms with van der Waals surface area (Å²) in [4.78, 5) is 31.5. The third kappa shape index (κ3) is 17.6. The van der Waals surface area contributed by atoms with Gasteiger partial charge in [-0.1, -0.05) is 125 Å². The fraction of sp³-hybridized carbons (Fsp3) is 0.629. The average molecular weight is 618 g/mol. The molecular formula is C35H56NO6P. The molecule has 2 aromatic rings. The second-order valence-corrected chi connectivity index (χ2v) is 13.9. The Morgan fingerprint density at radius 1 is 0.791 bits per heavy atom. The standard InChI is InChI=1S/C35H56NO6P/c1-4-5-6-7-8-9-10-11-12-13-14-15-16-17-35(38)36-33(34(37)27-43(39,40)41)25-30-18-20-32(21-19-30)42-26-31-23-28(2)22-29(3)24-31/h18-24,33-34,37H,4-17,25-27H2,1-3H3,(H,36,38)(H2,39,40,41)/t33-,34+/m0/s1. The SMILES string of the molecule is CCCCCCCCCCCCCCCC(=O)N[C@@H](Cc1ccc(OCc2cc(C)cc(C)c2)cc1)[C@H](O)CP(=O)(O)O. The summed E-state index contributed by atoms with van der Waals surface area (Å²) in [5.41, 5.74) is 4.29. The zero-order valence-corrected chi connectivity index (χ0v) is 27.6.